The largest absolute Gasteiger partial charge is 0.465 e. The van der Waals surface area contributed by atoms with Crippen molar-refractivity contribution in [2.75, 3.05) is 0 Å². The van der Waals surface area contributed by atoms with Gasteiger partial charge in [0.1, 0.15) is 12.3 Å². The number of aliphatic hydroxyl groups is 1. The van der Waals surface area contributed by atoms with Crippen molar-refractivity contribution in [3.05, 3.63) is 71.8 Å². The van der Waals surface area contributed by atoms with Crippen LogP contribution in [0.2, 0.25) is 0 Å². The quantitative estimate of drug-likeness (QED) is 0.649. The van der Waals surface area contributed by atoms with Gasteiger partial charge in [-0.15, -0.1) is 0 Å². The molecule has 3 rings (SSSR count). The molecule has 0 aromatic heterocycles. The number of carbonyl (C=O) groups excluding carboxylic acids is 1. The molecule has 0 radical (unpaired) electrons. The highest BCUT2D eigenvalue weighted by Gasteiger charge is 2.46. The van der Waals surface area contributed by atoms with E-state index < -0.39 is 36.6 Å². The standard InChI is InChI=1S/C23H28N2O5/c1-15(2)20(24-23(28)29)21(26)25-18(13-16-9-5-3-6-10-16)22(27)30-19(25)14-17-11-7-4-8-12-17/h3-12,15,18-20,22,24,27H,13-14H2,1-2H3,(H,28,29). The van der Waals surface area contributed by atoms with E-state index in [0.29, 0.717) is 12.8 Å². The third kappa shape index (κ3) is 5.17. The minimum Gasteiger partial charge on any atom is -0.465 e. The highest BCUT2D eigenvalue weighted by Crippen LogP contribution is 2.29. The van der Waals surface area contributed by atoms with E-state index >= 15 is 0 Å². The first-order valence-corrected chi connectivity index (χ1v) is 10.1. The molecule has 0 bridgehead atoms. The van der Waals surface area contributed by atoms with Crippen LogP contribution >= 0.6 is 0 Å². The molecular formula is C23H28N2O5. The maximum Gasteiger partial charge on any atom is 0.405 e. The van der Waals surface area contributed by atoms with Crippen LogP contribution in [0.3, 0.4) is 0 Å². The summed E-state index contributed by atoms with van der Waals surface area (Å²) < 4.78 is 5.80. The van der Waals surface area contributed by atoms with Gasteiger partial charge in [-0.25, -0.2) is 4.79 Å². The van der Waals surface area contributed by atoms with Gasteiger partial charge in [0, 0.05) is 6.42 Å². The summed E-state index contributed by atoms with van der Waals surface area (Å²) in [6, 6.07) is 17.6. The fraction of sp³-hybridized carbons (Fsp3) is 0.391. The van der Waals surface area contributed by atoms with Gasteiger partial charge in [-0.05, 0) is 23.5 Å². The Hall–Kier alpha value is -2.90. The minimum atomic E-state index is -1.26. The molecule has 0 aliphatic carbocycles. The lowest BCUT2D eigenvalue weighted by Crippen LogP contribution is -2.56. The maximum absolute atomic E-state index is 13.5. The van der Waals surface area contributed by atoms with E-state index in [9.17, 15) is 19.8 Å². The zero-order valence-electron chi connectivity index (χ0n) is 17.1. The summed E-state index contributed by atoms with van der Waals surface area (Å²) in [5.74, 6) is -0.660. The normalized spacial score (nSPS) is 22.1. The van der Waals surface area contributed by atoms with Crippen LogP contribution in [-0.4, -0.2) is 51.7 Å². The summed E-state index contributed by atoms with van der Waals surface area (Å²) in [6.45, 7) is 3.56. The predicted molar refractivity (Wildman–Crippen MR) is 112 cm³/mol. The Kier molecular flexibility index (Phi) is 7.07. The highest BCUT2D eigenvalue weighted by molar-refractivity contribution is 5.86. The number of benzene rings is 2. The van der Waals surface area contributed by atoms with Crippen LogP contribution in [0.15, 0.2) is 60.7 Å². The molecule has 3 N–H and O–H groups in total. The second kappa shape index (κ2) is 9.73. The van der Waals surface area contributed by atoms with Gasteiger partial charge in [0.05, 0.1) is 6.04 Å². The van der Waals surface area contributed by atoms with Crippen molar-refractivity contribution in [1.29, 1.82) is 0 Å². The van der Waals surface area contributed by atoms with Crippen LogP contribution in [0, 0.1) is 5.92 Å². The molecule has 2 amide bonds. The van der Waals surface area contributed by atoms with Gasteiger partial charge < -0.3 is 25.2 Å². The molecule has 1 saturated heterocycles. The molecule has 7 nitrogen and oxygen atoms in total. The highest BCUT2D eigenvalue weighted by atomic mass is 16.6. The molecule has 2 aromatic rings. The molecule has 160 valence electrons. The van der Waals surface area contributed by atoms with Gasteiger partial charge in [-0.3, -0.25) is 4.79 Å². The van der Waals surface area contributed by atoms with Crippen LogP contribution in [0.5, 0.6) is 0 Å². The van der Waals surface area contributed by atoms with Gasteiger partial charge in [-0.1, -0.05) is 74.5 Å². The van der Waals surface area contributed by atoms with Crippen molar-refractivity contribution in [2.45, 2.75) is 51.3 Å². The molecule has 0 spiro atoms. The zero-order valence-corrected chi connectivity index (χ0v) is 17.1. The fourth-order valence-electron chi connectivity index (χ4n) is 3.80. The van der Waals surface area contributed by atoms with Crippen molar-refractivity contribution in [2.24, 2.45) is 5.92 Å². The molecular weight excluding hydrogens is 384 g/mol. The van der Waals surface area contributed by atoms with Crippen LogP contribution in [0.4, 0.5) is 4.79 Å². The molecule has 0 saturated carbocycles. The van der Waals surface area contributed by atoms with E-state index in [4.69, 9.17) is 4.74 Å². The average Bonchev–Trinajstić information content (AvgIpc) is 3.01. The molecule has 4 atom stereocenters. The second-order valence-corrected chi connectivity index (χ2v) is 7.84. The van der Waals surface area contributed by atoms with E-state index in [1.54, 1.807) is 13.8 Å². The van der Waals surface area contributed by atoms with Crippen LogP contribution in [0.25, 0.3) is 0 Å². The van der Waals surface area contributed by atoms with E-state index in [1.165, 1.54) is 4.90 Å². The molecule has 1 heterocycles. The van der Waals surface area contributed by atoms with Crippen molar-refractivity contribution in [3.8, 4) is 0 Å². The third-order valence-electron chi connectivity index (χ3n) is 5.30. The summed E-state index contributed by atoms with van der Waals surface area (Å²) in [4.78, 5) is 26.3. The molecule has 2 aromatic carbocycles. The lowest BCUT2D eigenvalue weighted by molar-refractivity contribution is -0.142. The number of hydrogen-bond acceptors (Lipinski definition) is 4. The Morgan fingerprint density at radius 3 is 2.03 bits per heavy atom. The molecule has 30 heavy (non-hydrogen) atoms. The summed E-state index contributed by atoms with van der Waals surface area (Å²) in [7, 11) is 0. The number of carbonyl (C=O) groups is 2. The number of nitrogens with one attached hydrogen (secondary N) is 1. The van der Waals surface area contributed by atoms with E-state index in [-0.39, 0.29) is 5.92 Å². The average molecular weight is 412 g/mol. The maximum atomic E-state index is 13.5. The topological polar surface area (TPSA) is 99.1 Å². The first-order chi connectivity index (χ1) is 14.4. The van der Waals surface area contributed by atoms with Gasteiger partial charge in [0.15, 0.2) is 6.29 Å². The number of amides is 2. The molecule has 1 aliphatic heterocycles. The Bertz CT molecular complexity index is 843. The zero-order chi connectivity index (χ0) is 21.7. The lowest BCUT2D eigenvalue weighted by atomic mass is 9.99. The van der Waals surface area contributed by atoms with Crippen molar-refractivity contribution >= 4 is 12.0 Å². The van der Waals surface area contributed by atoms with Crippen molar-refractivity contribution in [3.63, 3.8) is 0 Å². The minimum absolute atomic E-state index is 0.263. The van der Waals surface area contributed by atoms with Gasteiger partial charge in [0.25, 0.3) is 0 Å². The molecule has 1 fully saturated rings. The number of nitrogens with zero attached hydrogens (tertiary/aromatic N) is 1. The Balaban J connectivity index is 1.91. The van der Waals surface area contributed by atoms with Crippen LogP contribution in [0.1, 0.15) is 25.0 Å². The first-order valence-electron chi connectivity index (χ1n) is 10.1. The number of carboxylic acid groups (broad SMARTS) is 1. The van der Waals surface area contributed by atoms with Crippen molar-refractivity contribution in [1.82, 2.24) is 10.2 Å². The van der Waals surface area contributed by atoms with Crippen molar-refractivity contribution < 1.29 is 24.5 Å². The number of ether oxygens (including phenoxy) is 1. The summed E-state index contributed by atoms with van der Waals surface area (Å²) in [5.41, 5.74) is 1.91. The van der Waals surface area contributed by atoms with Crippen LogP contribution < -0.4 is 5.32 Å². The van der Waals surface area contributed by atoms with Gasteiger partial charge in [-0.2, -0.15) is 0 Å². The molecule has 4 unspecified atom stereocenters. The summed E-state index contributed by atoms with van der Waals surface area (Å²) >= 11 is 0. The Morgan fingerprint density at radius 2 is 1.53 bits per heavy atom. The van der Waals surface area contributed by atoms with E-state index in [2.05, 4.69) is 5.32 Å². The summed E-state index contributed by atoms with van der Waals surface area (Å²) in [5, 5.41) is 22.2. The van der Waals surface area contributed by atoms with Gasteiger partial charge in [0.2, 0.25) is 5.91 Å². The fourth-order valence-corrected chi connectivity index (χ4v) is 3.80. The van der Waals surface area contributed by atoms with Gasteiger partial charge >= 0.3 is 6.09 Å². The Morgan fingerprint density at radius 1 is 1.00 bits per heavy atom. The molecule has 7 heteroatoms. The monoisotopic (exact) mass is 412 g/mol. The number of hydrogen-bond donors (Lipinski definition) is 3. The third-order valence-corrected chi connectivity index (χ3v) is 5.30. The summed E-state index contributed by atoms with van der Waals surface area (Å²) in [6.07, 6.45) is -2.33. The lowest BCUT2D eigenvalue weighted by Gasteiger charge is -2.33. The smallest absolute Gasteiger partial charge is 0.405 e. The predicted octanol–water partition coefficient (Wildman–Crippen LogP) is 2.64. The van der Waals surface area contributed by atoms with Crippen LogP contribution in [-0.2, 0) is 22.4 Å². The van der Waals surface area contributed by atoms with E-state index in [1.807, 2.05) is 60.7 Å². The number of aliphatic hydroxyl groups excluding tert-OH is 1. The second-order valence-electron chi connectivity index (χ2n) is 7.84. The first kappa shape index (κ1) is 21.8. The molecule has 1 aliphatic rings. The number of rotatable bonds is 7. The van der Waals surface area contributed by atoms with E-state index in [0.717, 1.165) is 11.1 Å². The Labute approximate surface area is 176 Å². The SMILES string of the molecule is CC(C)C(NC(=O)O)C(=O)N1C(Cc2ccccc2)OC(O)C1Cc1ccccc1.